The Morgan fingerprint density at radius 3 is 2.90 bits per heavy atom. The second-order valence-electron chi connectivity index (χ2n) is 5.29. The maximum atomic E-state index is 12.6. The minimum atomic E-state index is -0.412. The van der Waals surface area contributed by atoms with Gasteiger partial charge in [-0.25, -0.2) is 0 Å². The highest BCUT2D eigenvalue weighted by Gasteiger charge is 2.31. The number of nitro benzene ring substituents is 1. The van der Waals surface area contributed by atoms with Crippen molar-refractivity contribution in [1.82, 2.24) is 0 Å². The van der Waals surface area contributed by atoms with Crippen LogP contribution in [-0.2, 0) is 11.2 Å². The molecule has 1 atom stereocenters. The smallest absolute Gasteiger partial charge is 0.271 e. The van der Waals surface area contributed by atoms with Gasteiger partial charge in [0, 0.05) is 24.6 Å². The summed E-state index contributed by atoms with van der Waals surface area (Å²) < 4.78 is 0. The molecule has 104 valence electrons. The zero-order valence-corrected chi connectivity index (χ0v) is 11.1. The van der Waals surface area contributed by atoms with E-state index in [1.165, 1.54) is 12.1 Å². The minimum absolute atomic E-state index is 0.0187. The molecule has 0 saturated carbocycles. The van der Waals surface area contributed by atoms with Crippen molar-refractivity contribution in [3.05, 3.63) is 46.0 Å². The van der Waals surface area contributed by atoms with E-state index < -0.39 is 4.92 Å². The summed E-state index contributed by atoms with van der Waals surface area (Å²) in [5.41, 5.74) is 1.79. The SMILES string of the molecule is O=C([C@@H]1CC=CCC1)N1CCc2ccc([N+](=O)[O-])cc21. The molecule has 0 N–H and O–H groups in total. The summed E-state index contributed by atoms with van der Waals surface area (Å²) in [6.45, 7) is 0.634. The van der Waals surface area contributed by atoms with E-state index in [4.69, 9.17) is 0 Å². The number of carbonyl (C=O) groups excluding carboxylic acids is 1. The molecule has 0 radical (unpaired) electrons. The highest BCUT2D eigenvalue weighted by atomic mass is 16.6. The number of hydrogen-bond donors (Lipinski definition) is 0. The van der Waals surface area contributed by atoms with Crippen LogP contribution >= 0.6 is 0 Å². The van der Waals surface area contributed by atoms with Crippen LogP contribution in [0.4, 0.5) is 11.4 Å². The van der Waals surface area contributed by atoms with Gasteiger partial charge in [0.2, 0.25) is 5.91 Å². The van der Waals surface area contributed by atoms with E-state index in [2.05, 4.69) is 12.2 Å². The number of nitrogens with zero attached hydrogens (tertiary/aromatic N) is 2. The third-order valence-corrected chi connectivity index (χ3v) is 4.06. The first-order chi connectivity index (χ1) is 9.66. The van der Waals surface area contributed by atoms with E-state index >= 15 is 0 Å². The van der Waals surface area contributed by atoms with Crippen molar-refractivity contribution in [1.29, 1.82) is 0 Å². The molecule has 1 heterocycles. The molecular formula is C15H16N2O3. The van der Waals surface area contributed by atoms with Crippen molar-refractivity contribution in [2.45, 2.75) is 25.7 Å². The molecule has 5 nitrogen and oxygen atoms in total. The zero-order valence-electron chi connectivity index (χ0n) is 11.1. The van der Waals surface area contributed by atoms with Crippen LogP contribution in [0.2, 0.25) is 0 Å². The molecule has 0 aromatic heterocycles. The highest BCUT2D eigenvalue weighted by Crippen LogP contribution is 2.34. The van der Waals surface area contributed by atoms with Crippen molar-refractivity contribution >= 4 is 17.3 Å². The Hall–Kier alpha value is -2.17. The minimum Gasteiger partial charge on any atom is -0.311 e. The number of fused-ring (bicyclic) bond motifs is 1. The first-order valence-corrected chi connectivity index (χ1v) is 6.90. The molecule has 3 rings (SSSR count). The molecule has 1 aliphatic carbocycles. The summed E-state index contributed by atoms with van der Waals surface area (Å²) in [4.78, 5) is 24.8. The Morgan fingerprint density at radius 2 is 2.20 bits per heavy atom. The van der Waals surface area contributed by atoms with Crippen LogP contribution in [0.5, 0.6) is 0 Å². The van der Waals surface area contributed by atoms with E-state index in [9.17, 15) is 14.9 Å². The summed E-state index contributed by atoms with van der Waals surface area (Å²) in [7, 11) is 0. The molecular weight excluding hydrogens is 256 g/mol. The van der Waals surface area contributed by atoms with E-state index in [-0.39, 0.29) is 17.5 Å². The Kier molecular flexibility index (Phi) is 3.26. The number of rotatable bonds is 2. The van der Waals surface area contributed by atoms with Gasteiger partial charge in [0.15, 0.2) is 0 Å². The normalized spacial score (nSPS) is 20.8. The first kappa shape index (κ1) is 12.8. The molecule has 1 amide bonds. The van der Waals surface area contributed by atoms with Crippen LogP contribution in [0.3, 0.4) is 0 Å². The summed E-state index contributed by atoms with van der Waals surface area (Å²) >= 11 is 0. The van der Waals surface area contributed by atoms with Crippen LogP contribution in [0.15, 0.2) is 30.4 Å². The lowest BCUT2D eigenvalue weighted by molar-refractivity contribution is -0.384. The van der Waals surface area contributed by atoms with Crippen molar-refractivity contribution in [2.75, 3.05) is 11.4 Å². The van der Waals surface area contributed by atoms with Gasteiger partial charge in [0.1, 0.15) is 0 Å². The maximum Gasteiger partial charge on any atom is 0.271 e. The Morgan fingerprint density at radius 1 is 1.35 bits per heavy atom. The van der Waals surface area contributed by atoms with E-state index in [0.29, 0.717) is 6.54 Å². The van der Waals surface area contributed by atoms with E-state index in [1.54, 1.807) is 11.0 Å². The fourth-order valence-electron chi connectivity index (χ4n) is 2.95. The molecule has 1 aromatic rings. The predicted molar refractivity (Wildman–Crippen MR) is 75.6 cm³/mol. The molecule has 0 spiro atoms. The monoisotopic (exact) mass is 272 g/mol. The fourth-order valence-corrected chi connectivity index (χ4v) is 2.95. The van der Waals surface area contributed by atoms with Gasteiger partial charge < -0.3 is 4.90 Å². The van der Waals surface area contributed by atoms with Crippen LogP contribution < -0.4 is 4.90 Å². The molecule has 0 saturated heterocycles. The first-order valence-electron chi connectivity index (χ1n) is 6.90. The number of nitro groups is 1. The van der Waals surface area contributed by atoms with Gasteiger partial charge in [-0.3, -0.25) is 14.9 Å². The Labute approximate surface area is 117 Å². The topological polar surface area (TPSA) is 63.5 Å². The quantitative estimate of drug-likeness (QED) is 0.472. The largest absolute Gasteiger partial charge is 0.311 e. The number of allylic oxidation sites excluding steroid dienone is 2. The van der Waals surface area contributed by atoms with Crippen LogP contribution in [0, 0.1) is 16.0 Å². The lowest BCUT2D eigenvalue weighted by Gasteiger charge is -2.24. The van der Waals surface area contributed by atoms with Gasteiger partial charge in [-0.15, -0.1) is 0 Å². The van der Waals surface area contributed by atoms with Gasteiger partial charge in [0.25, 0.3) is 5.69 Å². The van der Waals surface area contributed by atoms with E-state index in [0.717, 1.165) is 36.9 Å². The second kappa shape index (κ2) is 5.07. The van der Waals surface area contributed by atoms with Gasteiger partial charge in [-0.2, -0.15) is 0 Å². The molecule has 2 aliphatic rings. The van der Waals surface area contributed by atoms with Crippen LogP contribution in [-0.4, -0.2) is 17.4 Å². The molecule has 0 bridgehead atoms. The van der Waals surface area contributed by atoms with Crippen molar-refractivity contribution < 1.29 is 9.72 Å². The number of non-ortho nitro benzene ring substituents is 1. The number of hydrogen-bond acceptors (Lipinski definition) is 3. The van der Waals surface area contributed by atoms with Gasteiger partial charge >= 0.3 is 0 Å². The molecule has 20 heavy (non-hydrogen) atoms. The molecule has 5 heteroatoms. The number of amides is 1. The number of carbonyl (C=O) groups is 1. The van der Waals surface area contributed by atoms with Crippen molar-refractivity contribution in [3.8, 4) is 0 Å². The summed E-state index contributed by atoms with van der Waals surface area (Å²) in [6, 6.07) is 4.80. The molecule has 1 aliphatic heterocycles. The summed E-state index contributed by atoms with van der Waals surface area (Å²) in [5.74, 6) is 0.124. The van der Waals surface area contributed by atoms with Gasteiger partial charge in [-0.05, 0) is 31.2 Å². The molecule has 1 aromatic carbocycles. The lowest BCUT2D eigenvalue weighted by atomic mass is 9.93. The van der Waals surface area contributed by atoms with Gasteiger partial charge in [-0.1, -0.05) is 18.2 Å². The predicted octanol–water partition coefficient (Wildman–Crippen LogP) is 2.84. The van der Waals surface area contributed by atoms with Crippen molar-refractivity contribution in [2.24, 2.45) is 5.92 Å². The third kappa shape index (κ3) is 2.19. The average molecular weight is 272 g/mol. The van der Waals surface area contributed by atoms with Crippen LogP contribution in [0.1, 0.15) is 24.8 Å². The number of benzene rings is 1. The molecule has 0 unspecified atom stereocenters. The average Bonchev–Trinajstić information content (AvgIpc) is 2.90. The van der Waals surface area contributed by atoms with E-state index in [1.807, 2.05) is 0 Å². The maximum absolute atomic E-state index is 12.6. The zero-order chi connectivity index (χ0) is 14.1. The Bertz CT molecular complexity index is 595. The summed E-state index contributed by atoms with van der Waals surface area (Å²) in [6.07, 6.45) is 7.52. The second-order valence-corrected chi connectivity index (χ2v) is 5.29. The van der Waals surface area contributed by atoms with Gasteiger partial charge in [0.05, 0.1) is 10.6 Å². The van der Waals surface area contributed by atoms with Crippen molar-refractivity contribution in [3.63, 3.8) is 0 Å². The standard InChI is InChI=1S/C15H16N2O3/c18-15(12-4-2-1-3-5-12)16-9-8-11-6-7-13(17(19)20)10-14(11)16/h1-2,6-7,10,12H,3-5,8-9H2/t12-/m1/s1. The van der Waals surface area contributed by atoms with Crippen LogP contribution in [0.25, 0.3) is 0 Å². The number of anilines is 1. The lowest BCUT2D eigenvalue weighted by Crippen LogP contribution is -2.35. The Balaban J connectivity index is 1.87. The fraction of sp³-hybridized carbons (Fsp3) is 0.400. The summed E-state index contributed by atoms with van der Waals surface area (Å²) in [5, 5.41) is 10.9. The molecule has 0 fully saturated rings. The highest BCUT2D eigenvalue weighted by molar-refractivity contribution is 5.97. The third-order valence-electron chi connectivity index (χ3n) is 4.06.